The van der Waals surface area contributed by atoms with Gasteiger partial charge in [0.15, 0.2) is 0 Å². The molecule has 0 spiro atoms. The fourth-order valence-electron chi connectivity index (χ4n) is 3.77. The van der Waals surface area contributed by atoms with Crippen LogP contribution in [0.5, 0.6) is 0 Å². The summed E-state index contributed by atoms with van der Waals surface area (Å²) < 4.78 is 0. The van der Waals surface area contributed by atoms with Gasteiger partial charge in [-0.15, -0.1) is 0 Å². The molecule has 0 aliphatic carbocycles. The quantitative estimate of drug-likeness (QED) is 0.472. The number of nitrogens with one attached hydrogen (secondary N) is 2. The van der Waals surface area contributed by atoms with Crippen molar-refractivity contribution in [1.29, 1.82) is 0 Å². The van der Waals surface area contributed by atoms with Crippen molar-refractivity contribution in [3.05, 3.63) is 88.4 Å². The van der Waals surface area contributed by atoms with Gasteiger partial charge in [0.1, 0.15) is 0 Å². The molecule has 3 aromatic rings. The molecule has 0 bridgehead atoms. The minimum absolute atomic E-state index is 0.0732. The van der Waals surface area contributed by atoms with Gasteiger partial charge < -0.3 is 21.3 Å². The molecule has 8 nitrogen and oxygen atoms in total. The number of nitrogens with two attached hydrogens (primary N) is 1. The number of anilines is 3. The van der Waals surface area contributed by atoms with Crippen molar-refractivity contribution in [2.24, 2.45) is 5.73 Å². The summed E-state index contributed by atoms with van der Waals surface area (Å²) in [5.41, 5.74) is 7.52. The van der Waals surface area contributed by atoms with Gasteiger partial charge >= 0.3 is 0 Å². The largest absolute Gasteiger partial charge is 0.366 e. The lowest BCUT2D eigenvalue weighted by Crippen LogP contribution is -2.35. The molecule has 0 radical (unpaired) electrons. The second kappa shape index (κ2) is 10.4. The lowest BCUT2D eigenvalue weighted by Gasteiger charge is -2.26. The highest BCUT2D eigenvalue weighted by atomic mass is 35.5. The molecule has 4 N–H and O–H groups in total. The highest BCUT2D eigenvalue weighted by Crippen LogP contribution is 2.26. The van der Waals surface area contributed by atoms with Gasteiger partial charge in [-0.3, -0.25) is 19.2 Å². The summed E-state index contributed by atoms with van der Waals surface area (Å²) in [4.78, 5) is 51.2. The second-order valence-electron chi connectivity index (χ2n) is 8.09. The Balaban J connectivity index is 1.54. The maximum atomic E-state index is 12.9. The molecule has 4 amide bonds. The molecule has 1 fully saturated rings. The summed E-state index contributed by atoms with van der Waals surface area (Å²) in [6, 6.07) is 17.4. The molecule has 0 saturated carbocycles. The Morgan fingerprint density at radius 1 is 0.771 bits per heavy atom. The van der Waals surface area contributed by atoms with Crippen LogP contribution in [0.25, 0.3) is 0 Å². The van der Waals surface area contributed by atoms with Gasteiger partial charge in [-0.2, -0.15) is 0 Å². The number of carbonyl (C=O) groups excluding carboxylic acids is 4. The zero-order valence-electron chi connectivity index (χ0n) is 18.7. The Hall–Kier alpha value is -4.17. The average Bonchev–Trinajstić information content (AvgIpc) is 2.85. The summed E-state index contributed by atoms with van der Waals surface area (Å²) in [5.74, 6) is -1.47. The normalized spacial score (nSPS) is 13.3. The topological polar surface area (TPSA) is 122 Å². The van der Waals surface area contributed by atoms with Crippen LogP contribution in [0.3, 0.4) is 0 Å². The van der Waals surface area contributed by atoms with Gasteiger partial charge in [0, 0.05) is 40.4 Å². The van der Waals surface area contributed by atoms with Crippen molar-refractivity contribution in [2.45, 2.75) is 19.3 Å². The SMILES string of the molecule is NC(=O)c1ccc(NC(=O)c2ccc(N3CCCCC3=O)cc2)c(NC(=O)c2ccc(Cl)cc2)c1. The molecule has 1 aliphatic rings. The van der Waals surface area contributed by atoms with Crippen LogP contribution >= 0.6 is 11.6 Å². The number of amides is 4. The van der Waals surface area contributed by atoms with Gasteiger partial charge in [-0.1, -0.05) is 11.6 Å². The number of primary amides is 1. The van der Waals surface area contributed by atoms with Crippen LogP contribution in [-0.4, -0.2) is 30.2 Å². The zero-order valence-corrected chi connectivity index (χ0v) is 19.5. The number of carbonyl (C=O) groups is 4. The van der Waals surface area contributed by atoms with Gasteiger partial charge in [0.05, 0.1) is 11.4 Å². The molecule has 1 heterocycles. The van der Waals surface area contributed by atoms with E-state index in [-0.39, 0.29) is 22.8 Å². The first-order valence-electron chi connectivity index (χ1n) is 11.0. The highest BCUT2D eigenvalue weighted by molar-refractivity contribution is 6.30. The Labute approximate surface area is 207 Å². The van der Waals surface area contributed by atoms with Crippen molar-refractivity contribution in [2.75, 3.05) is 22.1 Å². The summed E-state index contributed by atoms with van der Waals surface area (Å²) >= 11 is 5.88. The van der Waals surface area contributed by atoms with Gasteiger partial charge in [0.25, 0.3) is 11.8 Å². The molecule has 0 atom stereocenters. The van der Waals surface area contributed by atoms with Crippen LogP contribution in [0.2, 0.25) is 5.02 Å². The zero-order chi connectivity index (χ0) is 24.9. The highest BCUT2D eigenvalue weighted by Gasteiger charge is 2.20. The number of hydrogen-bond donors (Lipinski definition) is 3. The number of nitrogens with zero attached hydrogens (tertiary/aromatic N) is 1. The van der Waals surface area contributed by atoms with Crippen LogP contribution in [0.4, 0.5) is 17.1 Å². The third-order valence-corrected chi connectivity index (χ3v) is 5.92. The van der Waals surface area contributed by atoms with Crippen molar-refractivity contribution in [3.63, 3.8) is 0 Å². The van der Waals surface area contributed by atoms with Crippen LogP contribution in [0.15, 0.2) is 66.7 Å². The first-order valence-corrected chi connectivity index (χ1v) is 11.4. The molecular weight excluding hydrogens is 468 g/mol. The lowest BCUT2D eigenvalue weighted by molar-refractivity contribution is -0.119. The first kappa shape index (κ1) is 24.0. The van der Waals surface area contributed by atoms with E-state index in [9.17, 15) is 19.2 Å². The number of halogens is 1. The standard InChI is InChI=1S/C26H23ClN4O4/c27-19-9-4-16(5-10-19)26(35)30-22-15-18(24(28)33)8-13-21(22)29-25(34)17-6-11-20(12-7-17)31-14-2-1-3-23(31)32/h4-13,15H,1-3,14H2,(H2,28,33)(H,29,34)(H,30,35). The molecule has 1 saturated heterocycles. The second-order valence-corrected chi connectivity index (χ2v) is 8.53. The number of benzene rings is 3. The van der Waals surface area contributed by atoms with E-state index in [1.54, 1.807) is 53.4 Å². The minimum atomic E-state index is -0.673. The molecule has 3 aromatic carbocycles. The van der Waals surface area contributed by atoms with Crippen molar-refractivity contribution in [3.8, 4) is 0 Å². The van der Waals surface area contributed by atoms with E-state index < -0.39 is 17.7 Å². The third kappa shape index (κ3) is 5.67. The third-order valence-electron chi connectivity index (χ3n) is 5.67. The van der Waals surface area contributed by atoms with E-state index in [4.69, 9.17) is 17.3 Å². The molecule has 178 valence electrons. The van der Waals surface area contributed by atoms with E-state index in [1.807, 2.05) is 0 Å². The molecule has 9 heteroatoms. The van der Waals surface area contributed by atoms with Crippen LogP contribution in [-0.2, 0) is 4.79 Å². The molecule has 4 rings (SSSR count). The van der Waals surface area contributed by atoms with Gasteiger partial charge in [-0.25, -0.2) is 0 Å². The molecule has 1 aliphatic heterocycles. The Kier molecular flexibility index (Phi) is 7.12. The Morgan fingerprint density at radius 3 is 1.94 bits per heavy atom. The van der Waals surface area contributed by atoms with Crippen molar-refractivity contribution in [1.82, 2.24) is 0 Å². The molecular formula is C26H23ClN4O4. The van der Waals surface area contributed by atoms with E-state index >= 15 is 0 Å². The van der Waals surface area contributed by atoms with E-state index in [0.717, 1.165) is 18.5 Å². The summed E-state index contributed by atoms with van der Waals surface area (Å²) in [6.45, 7) is 0.660. The smallest absolute Gasteiger partial charge is 0.255 e. The van der Waals surface area contributed by atoms with E-state index in [1.165, 1.54) is 18.2 Å². The molecule has 0 unspecified atom stereocenters. The van der Waals surface area contributed by atoms with Gasteiger partial charge in [-0.05, 0) is 79.6 Å². The minimum Gasteiger partial charge on any atom is -0.366 e. The summed E-state index contributed by atoms with van der Waals surface area (Å²) in [6.07, 6.45) is 2.36. The van der Waals surface area contributed by atoms with E-state index in [2.05, 4.69) is 10.6 Å². The fraction of sp³-hybridized carbons (Fsp3) is 0.154. The first-order chi connectivity index (χ1) is 16.8. The van der Waals surface area contributed by atoms with Gasteiger partial charge in [0.2, 0.25) is 11.8 Å². The predicted octanol–water partition coefficient (Wildman–Crippen LogP) is 4.46. The average molecular weight is 491 g/mol. The maximum Gasteiger partial charge on any atom is 0.255 e. The monoisotopic (exact) mass is 490 g/mol. The molecule has 35 heavy (non-hydrogen) atoms. The number of hydrogen-bond acceptors (Lipinski definition) is 4. The van der Waals surface area contributed by atoms with Crippen molar-refractivity contribution >= 4 is 52.3 Å². The number of rotatable bonds is 6. The fourth-order valence-corrected chi connectivity index (χ4v) is 3.90. The summed E-state index contributed by atoms with van der Waals surface area (Å²) in [7, 11) is 0. The number of piperidine rings is 1. The van der Waals surface area contributed by atoms with Crippen LogP contribution in [0, 0.1) is 0 Å². The van der Waals surface area contributed by atoms with Crippen molar-refractivity contribution < 1.29 is 19.2 Å². The summed E-state index contributed by atoms with van der Waals surface area (Å²) in [5, 5.41) is 5.95. The van der Waals surface area contributed by atoms with E-state index in [0.29, 0.717) is 29.1 Å². The predicted molar refractivity (Wildman–Crippen MR) is 135 cm³/mol. The lowest BCUT2D eigenvalue weighted by atomic mass is 10.1. The Morgan fingerprint density at radius 2 is 1.34 bits per heavy atom. The molecule has 0 aromatic heterocycles. The Bertz CT molecular complexity index is 1290. The van der Waals surface area contributed by atoms with Crippen LogP contribution < -0.4 is 21.3 Å². The van der Waals surface area contributed by atoms with Crippen LogP contribution in [0.1, 0.15) is 50.3 Å². The maximum absolute atomic E-state index is 12.9.